The minimum absolute atomic E-state index is 0.0228. The Morgan fingerprint density at radius 2 is 1.54 bits per heavy atom. The Labute approximate surface area is 154 Å². The van der Waals surface area contributed by atoms with Crippen molar-refractivity contribution in [2.24, 2.45) is 11.8 Å². The molecule has 0 spiro atoms. The van der Waals surface area contributed by atoms with Crippen LogP contribution in [0.15, 0.2) is 60.7 Å². The summed E-state index contributed by atoms with van der Waals surface area (Å²) >= 11 is 0. The Balaban J connectivity index is 1.80. The molecule has 0 aliphatic carbocycles. The Hall–Kier alpha value is -2.62. The first kappa shape index (κ1) is 18.2. The number of hydrogen-bond donors (Lipinski definition) is 1. The number of hydrogen-bond acceptors (Lipinski definition) is 2. The molecule has 4 nitrogen and oxygen atoms in total. The second-order valence-corrected chi connectivity index (χ2v) is 7.25. The maximum Gasteiger partial charge on any atom is 0.308 e. The van der Waals surface area contributed by atoms with Crippen LogP contribution in [0.4, 0.5) is 0 Å². The lowest BCUT2D eigenvalue weighted by Gasteiger charge is -2.35. The quantitative estimate of drug-likeness (QED) is 0.892. The molecule has 0 radical (unpaired) electrons. The van der Waals surface area contributed by atoms with Crippen LogP contribution in [-0.2, 0) is 9.59 Å². The first-order valence-corrected chi connectivity index (χ1v) is 9.15. The van der Waals surface area contributed by atoms with Crippen LogP contribution in [0.3, 0.4) is 0 Å². The number of nitrogens with zero attached hydrogens (tertiary/aromatic N) is 1. The summed E-state index contributed by atoms with van der Waals surface area (Å²) in [5.74, 6) is -1.06. The van der Waals surface area contributed by atoms with Crippen molar-refractivity contribution >= 4 is 11.9 Å². The van der Waals surface area contributed by atoms with Gasteiger partial charge in [-0.1, -0.05) is 67.6 Å². The van der Waals surface area contributed by atoms with E-state index in [0.29, 0.717) is 25.9 Å². The van der Waals surface area contributed by atoms with Crippen molar-refractivity contribution < 1.29 is 14.7 Å². The zero-order chi connectivity index (χ0) is 18.5. The maximum absolute atomic E-state index is 13.0. The highest BCUT2D eigenvalue weighted by atomic mass is 16.4. The normalized spacial score (nSPS) is 20.2. The largest absolute Gasteiger partial charge is 0.481 e. The van der Waals surface area contributed by atoms with Gasteiger partial charge in [-0.05, 0) is 23.5 Å². The van der Waals surface area contributed by atoms with Crippen LogP contribution in [0.1, 0.15) is 36.8 Å². The number of aliphatic carboxylic acids is 1. The van der Waals surface area contributed by atoms with E-state index in [4.69, 9.17) is 0 Å². The molecule has 1 aliphatic heterocycles. The van der Waals surface area contributed by atoms with Crippen molar-refractivity contribution in [3.05, 3.63) is 71.8 Å². The third kappa shape index (κ3) is 4.31. The molecule has 0 unspecified atom stereocenters. The van der Waals surface area contributed by atoms with Crippen molar-refractivity contribution in [2.75, 3.05) is 13.1 Å². The molecule has 2 aromatic rings. The summed E-state index contributed by atoms with van der Waals surface area (Å²) < 4.78 is 0. The number of amides is 1. The van der Waals surface area contributed by atoms with Crippen molar-refractivity contribution in [3.63, 3.8) is 0 Å². The standard InChI is InChI=1S/C22H25NO3/c1-16-12-19(22(25)26)15-23(14-16)21(24)13-20(17-8-4-2-5-9-17)18-10-6-3-7-11-18/h2-11,16,19-20H,12-15H2,1H3,(H,25,26)/t16-,19-/m1/s1. The predicted molar refractivity (Wildman–Crippen MR) is 101 cm³/mol. The smallest absolute Gasteiger partial charge is 0.308 e. The second kappa shape index (κ2) is 8.17. The van der Waals surface area contributed by atoms with Gasteiger partial charge in [-0.15, -0.1) is 0 Å². The minimum Gasteiger partial charge on any atom is -0.481 e. The van der Waals surface area contributed by atoms with E-state index in [9.17, 15) is 14.7 Å². The fourth-order valence-electron chi connectivity index (χ4n) is 3.84. The lowest BCUT2D eigenvalue weighted by Crippen LogP contribution is -2.45. The third-order valence-corrected chi connectivity index (χ3v) is 5.14. The van der Waals surface area contributed by atoms with Gasteiger partial charge in [0.25, 0.3) is 0 Å². The van der Waals surface area contributed by atoms with Crippen LogP contribution < -0.4 is 0 Å². The highest BCUT2D eigenvalue weighted by Crippen LogP contribution is 2.30. The molecule has 1 saturated heterocycles. The van der Waals surface area contributed by atoms with Gasteiger partial charge in [0.1, 0.15) is 0 Å². The molecular weight excluding hydrogens is 326 g/mol. The summed E-state index contributed by atoms with van der Waals surface area (Å²) in [5.41, 5.74) is 2.21. The Morgan fingerprint density at radius 3 is 2.04 bits per heavy atom. The maximum atomic E-state index is 13.0. The van der Waals surface area contributed by atoms with Crippen LogP contribution in [0.25, 0.3) is 0 Å². The monoisotopic (exact) mass is 351 g/mol. The number of likely N-dealkylation sites (tertiary alicyclic amines) is 1. The number of piperidine rings is 1. The van der Waals surface area contributed by atoms with Crippen molar-refractivity contribution in [1.29, 1.82) is 0 Å². The molecule has 1 aliphatic rings. The van der Waals surface area contributed by atoms with Crippen LogP contribution in [0.5, 0.6) is 0 Å². The van der Waals surface area contributed by atoms with Gasteiger partial charge < -0.3 is 10.0 Å². The number of carboxylic acid groups (broad SMARTS) is 1. The average molecular weight is 351 g/mol. The van der Waals surface area contributed by atoms with Gasteiger partial charge in [-0.25, -0.2) is 0 Å². The zero-order valence-corrected chi connectivity index (χ0v) is 15.0. The van der Waals surface area contributed by atoms with Gasteiger partial charge in [0.15, 0.2) is 0 Å². The van der Waals surface area contributed by atoms with E-state index in [1.54, 1.807) is 4.90 Å². The Bertz CT molecular complexity index is 705. The molecule has 4 heteroatoms. The molecule has 1 N–H and O–H groups in total. The number of carbonyl (C=O) groups is 2. The van der Waals surface area contributed by atoms with Gasteiger partial charge in [0, 0.05) is 25.4 Å². The summed E-state index contributed by atoms with van der Waals surface area (Å²) in [6.07, 6.45) is 0.993. The highest BCUT2D eigenvalue weighted by molar-refractivity contribution is 5.79. The molecule has 0 saturated carbocycles. The molecule has 1 heterocycles. The third-order valence-electron chi connectivity index (χ3n) is 5.14. The highest BCUT2D eigenvalue weighted by Gasteiger charge is 2.32. The molecule has 2 atom stereocenters. The fourth-order valence-corrected chi connectivity index (χ4v) is 3.84. The number of carboxylic acids is 1. The topological polar surface area (TPSA) is 57.6 Å². The molecule has 3 rings (SSSR count). The van der Waals surface area contributed by atoms with Crippen molar-refractivity contribution in [2.45, 2.75) is 25.7 Å². The zero-order valence-electron chi connectivity index (χ0n) is 15.0. The molecular formula is C22H25NO3. The molecule has 26 heavy (non-hydrogen) atoms. The van der Waals surface area contributed by atoms with Gasteiger partial charge in [-0.2, -0.15) is 0 Å². The molecule has 0 aromatic heterocycles. The lowest BCUT2D eigenvalue weighted by atomic mass is 9.86. The number of benzene rings is 2. The summed E-state index contributed by atoms with van der Waals surface area (Å²) in [7, 11) is 0. The molecule has 136 valence electrons. The van der Waals surface area contributed by atoms with Crippen molar-refractivity contribution in [3.8, 4) is 0 Å². The summed E-state index contributed by atoms with van der Waals surface area (Å²) in [5, 5.41) is 9.36. The fraction of sp³-hybridized carbons (Fsp3) is 0.364. The second-order valence-electron chi connectivity index (χ2n) is 7.25. The molecule has 0 bridgehead atoms. The number of carbonyl (C=O) groups excluding carboxylic acids is 1. The van der Waals surface area contributed by atoms with E-state index in [-0.39, 0.29) is 17.7 Å². The van der Waals surface area contributed by atoms with Crippen LogP contribution in [0.2, 0.25) is 0 Å². The van der Waals surface area contributed by atoms with Gasteiger partial charge in [0.05, 0.1) is 5.92 Å². The average Bonchev–Trinajstić information content (AvgIpc) is 2.66. The minimum atomic E-state index is -0.808. The Kier molecular flexibility index (Phi) is 5.71. The van der Waals surface area contributed by atoms with Gasteiger partial charge in [-0.3, -0.25) is 9.59 Å². The first-order chi connectivity index (χ1) is 12.5. The van der Waals surface area contributed by atoms with E-state index in [1.807, 2.05) is 67.6 Å². The summed E-state index contributed by atoms with van der Waals surface area (Å²) in [6, 6.07) is 20.1. The molecule has 1 fully saturated rings. The van der Waals surface area contributed by atoms with Gasteiger partial charge >= 0.3 is 5.97 Å². The lowest BCUT2D eigenvalue weighted by molar-refractivity contribution is -0.147. The summed E-state index contributed by atoms with van der Waals surface area (Å²) in [4.78, 5) is 26.1. The Morgan fingerprint density at radius 1 is 1.00 bits per heavy atom. The predicted octanol–water partition coefficient (Wildman–Crippen LogP) is 3.78. The van der Waals surface area contributed by atoms with E-state index in [2.05, 4.69) is 0 Å². The SMILES string of the molecule is C[C@@H]1C[C@@H](C(=O)O)CN(C(=O)CC(c2ccccc2)c2ccccc2)C1. The van der Waals surface area contributed by atoms with E-state index in [0.717, 1.165) is 11.1 Å². The van der Waals surface area contributed by atoms with E-state index in [1.165, 1.54) is 0 Å². The van der Waals surface area contributed by atoms with Crippen LogP contribution in [-0.4, -0.2) is 35.0 Å². The number of rotatable bonds is 5. The molecule has 1 amide bonds. The van der Waals surface area contributed by atoms with Crippen molar-refractivity contribution in [1.82, 2.24) is 4.90 Å². The van der Waals surface area contributed by atoms with Crippen LogP contribution >= 0.6 is 0 Å². The van der Waals surface area contributed by atoms with E-state index < -0.39 is 11.9 Å². The first-order valence-electron chi connectivity index (χ1n) is 9.15. The molecule has 2 aromatic carbocycles. The van der Waals surface area contributed by atoms with Gasteiger partial charge in [0.2, 0.25) is 5.91 Å². The van der Waals surface area contributed by atoms with E-state index >= 15 is 0 Å². The van der Waals surface area contributed by atoms with Crippen LogP contribution in [0, 0.1) is 11.8 Å². The summed E-state index contributed by atoms with van der Waals surface area (Å²) in [6.45, 7) is 2.97.